The van der Waals surface area contributed by atoms with Crippen LogP contribution in [0.25, 0.3) is 16.7 Å². The van der Waals surface area contributed by atoms with E-state index in [2.05, 4.69) is 42.1 Å². The topological polar surface area (TPSA) is 112 Å². The van der Waals surface area contributed by atoms with Gasteiger partial charge in [0.2, 0.25) is 5.95 Å². The first-order valence-electron chi connectivity index (χ1n) is 10.7. The van der Waals surface area contributed by atoms with Crippen molar-refractivity contribution < 1.29 is 9.47 Å². The second kappa shape index (κ2) is 8.97. The van der Waals surface area contributed by atoms with Crippen molar-refractivity contribution >= 4 is 28.3 Å². The molecule has 0 saturated carbocycles. The van der Waals surface area contributed by atoms with Gasteiger partial charge in [0.25, 0.3) is 0 Å². The number of nitrogens with zero attached hydrogens (tertiary/aromatic N) is 8. The zero-order valence-electron chi connectivity index (χ0n) is 18.1. The number of anilines is 2. The minimum atomic E-state index is 0.315. The normalized spacial score (nSPS) is 15.1. The molecule has 1 aliphatic rings. The molecular formula is C21H27N9O2. The van der Waals surface area contributed by atoms with Crippen molar-refractivity contribution in [1.29, 1.82) is 0 Å². The highest BCUT2D eigenvalue weighted by molar-refractivity contribution is 5.89. The van der Waals surface area contributed by atoms with Gasteiger partial charge < -0.3 is 20.1 Å². The molecule has 11 nitrogen and oxygen atoms in total. The molecule has 0 atom stereocenters. The van der Waals surface area contributed by atoms with Crippen LogP contribution in [0, 0.1) is 0 Å². The van der Waals surface area contributed by atoms with Gasteiger partial charge >= 0.3 is 0 Å². The molecule has 3 aromatic heterocycles. The van der Waals surface area contributed by atoms with Gasteiger partial charge in [-0.3, -0.25) is 4.90 Å². The molecule has 168 valence electrons. The molecule has 0 amide bonds. The third kappa shape index (κ3) is 4.04. The maximum Gasteiger partial charge on any atom is 0.225 e. The molecule has 0 bridgehead atoms. The van der Waals surface area contributed by atoms with Crippen molar-refractivity contribution in [2.75, 3.05) is 63.7 Å². The molecule has 1 fully saturated rings. The summed E-state index contributed by atoms with van der Waals surface area (Å²) in [6.07, 6.45) is 3.26. The predicted molar refractivity (Wildman–Crippen MR) is 121 cm³/mol. The number of aromatic nitrogens is 6. The summed E-state index contributed by atoms with van der Waals surface area (Å²) >= 11 is 0. The summed E-state index contributed by atoms with van der Waals surface area (Å²) in [6.45, 7) is 6.75. The molecule has 5 rings (SSSR count). The minimum absolute atomic E-state index is 0.315. The van der Waals surface area contributed by atoms with Crippen LogP contribution in [0.2, 0.25) is 0 Å². The lowest BCUT2D eigenvalue weighted by molar-refractivity contribution is 0.146. The number of benzene rings is 1. The second-order valence-electron chi connectivity index (χ2n) is 7.73. The fraction of sp³-hybridized carbons (Fsp3) is 0.429. The predicted octanol–water partition coefficient (Wildman–Crippen LogP) is 0.904. The van der Waals surface area contributed by atoms with Crippen molar-refractivity contribution in [2.24, 2.45) is 0 Å². The first kappa shape index (κ1) is 20.5. The minimum Gasteiger partial charge on any atom is -0.491 e. The van der Waals surface area contributed by atoms with Crippen LogP contribution in [0.4, 0.5) is 11.6 Å². The van der Waals surface area contributed by atoms with Crippen molar-refractivity contribution in [3.05, 3.63) is 36.8 Å². The molecule has 32 heavy (non-hydrogen) atoms. The van der Waals surface area contributed by atoms with Gasteiger partial charge in [-0.25, -0.2) is 9.67 Å². The molecule has 1 aliphatic heterocycles. The Morgan fingerprint density at radius 3 is 2.56 bits per heavy atom. The van der Waals surface area contributed by atoms with E-state index in [9.17, 15) is 0 Å². The molecule has 0 spiro atoms. The Kier molecular flexibility index (Phi) is 5.73. The Morgan fingerprint density at radius 2 is 1.78 bits per heavy atom. The summed E-state index contributed by atoms with van der Waals surface area (Å²) < 4.78 is 14.1. The first-order valence-corrected chi connectivity index (χ1v) is 10.7. The Labute approximate surface area is 185 Å². The van der Waals surface area contributed by atoms with E-state index in [1.807, 2.05) is 16.8 Å². The number of fused-ring (bicyclic) bond motifs is 3. The summed E-state index contributed by atoms with van der Waals surface area (Å²) in [5.74, 6) is 1.18. The zero-order chi connectivity index (χ0) is 21.9. The molecule has 0 radical (unpaired) electrons. The van der Waals surface area contributed by atoms with Gasteiger partial charge in [-0.2, -0.15) is 19.7 Å². The van der Waals surface area contributed by atoms with E-state index in [0.29, 0.717) is 24.8 Å². The van der Waals surface area contributed by atoms with Gasteiger partial charge in [0.1, 0.15) is 18.7 Å². The van der Waals surface area contributed by atoms with Gasteiger partial charge in [0, 0.05) is 45.5 Å². The van der Waals surface area contributed by atoms with E-state index >= 15 is 0 Å². The Morgan fingerprint density at radius 1 is 0.969 bits per heavy atom. The summed E-state index contributed by atoms with van der Waals surface area (Å²) in [5.41, 5.74) is 8.67. The summed E-state index contributed by atoms with van der Waals surface area (Å²) in [6, 6.07) is 8.28. The molecule has 4 heterocycles. The first-order chi connectivity index (χ1) is 15.7. The van der Waals surface area contributed by atoms with E-state index < -0.39 is 0 Å². The van der Waals surface area contributed by atoms with E-state index in [0.717, 1.165) is 56.1 Å². The average Bonchev–Trinajstić information content (AvgIpc) is 3.46. The van der Waals surface area contributed by atoms with Crippen LogP contribution in [0.5, 0.6) is 5.75 Å². The standard InChI is InChI=1S/C21H27N9O2/c1-31-12-13-32-17-4-2-16(3-5-17)28-9-6-27(7-10-28)8-11-29-20-18(14-24-29)19-23-15-25-30(19)21(22)26-20/h2-5,14-15H,6-13H2,1H3,(H2,22,26). The Balaban J connectivity index is 1.16. The number of rotatable bonds is 8. The average molecular weight is 438 g/mol. The summed E-state index contributed by atoms with van der Waals surface area (Å²) in [4.78, 5) is 13.6. The lowest BCUT2D eigenvalue weighted by Gasteiger charge is -2.36. The maximum atomic E-state index is 6.02. The van der Waals surface area contributed by atoms with Crippen molar-refractivity contribution in [1.82, 2.24) is 34.3 Å². The van der Waals surface area contributed by atoms with Crippen LogP contribution in [-0.2, 0) is 11.3 Å². The quantitative estimate of drug-likeness (QED) is 0.402. The lowest BCUT2D eigenvalue weighted by Crippen LogP contribution is -2.47. The molecule has 11 heteroatoms. The van der Waals surface area contributed by atoms with Crippen molar-refractivity contribution in [3.63, 3.8) is 0 Å². The van der Waals surface area contributed by atoms with E-state index in [4.69, 9.17) is 15.2 Å². The second-order valence-corrected chi connectivity index (χ2v) is 7.73. The molecule has 1 saturated heterocycles. The maximum absolute atomic E-state index is 6.02. The van der Waals surface area contributed by atoms with E-state index in [1.54, 1.807) is 13.3 Å². The molecule has 0 aliphatic carbocycles. The Hall–Kier alpha value is -3.44. The van der Waals surface area contributed by atoms with Crippen LogP contribution in [0.1, 0.15) is 0 Å². The molecular weight excluding hydrogens is 410 g/mol. The van der Waals surface area contributed by atoms with Crippen LogP contribution in [0.3, 0.4) is 0 Å². The number of hydrogen-bond acceptors (Lipinski definition) is 9. The number of methoxy groups -OCH3 is 1. The molecule has 1 aromatic carbocycles. The smallest absolute Gasteiger partial charge is 0.225 e. The fourth-order valence-electron chi connectivity index (χ4n) is 4.03. The molecule has 2 N–H and O–H groups in total. The Bertz CT molecular complexity index is 1180. The van der Waals surface area contributed by atoms with Gasteiger partial charge in [0.15, 0.2) is 11.3 Å². The zero-order valence-corrected chi connectivity index (χ0v) is 18.1. The van der Waals surface area contributed by atoms with Crippen LogP contribution < -0.4 is 15.4 Å². The highest BCUT2D eigenvalue weighted by atomic mass is 16.5. The van der Waals surface area contributed by atoms with Gasteiger partial charge in [0.05, 0.1) is 24.7 Å². The number of nitrogen functional groups attached to an aromatic ring is 1. The van der Waals surface area contributed by atoms with Crippen LogP contribution >= 0.6 is 0 Å². The third-order valence-electron chi connectivity index (χ3n) is 5.80. The number of nitrogens with two attached hydrogens (primary N) is 1. The highest BCUT2D eigenvalue weighted by Crippen LogP contribution is 2.21. The number of ether oxygens (including phenoxy) is 2. The summed E-state index contributed by atoms with van der Waals surface area (Å²) in [7, 11) is 1.67. The lowest BCUT2D eigenvalue weighted by atomic mass is 10.2. The highest BCUT2D eigenvalue weighted by Gasteiger charge is 2.18. The fourth-order valence-corrected chi connectivity index (χ4v) is 4.03. The van der Waals surface area contributed by atoms with Crippen LogP contribution in [-0.4, -0.2) is 87.3 Å². The van der Waals surface area contributed by atoms with E-state index in [-0.39, 0.29) is 0 Å². The SMILES string of the molecule is COCCOc1ccc(N2CCN(CCn3ncc4c3nc(N)n3ncnc43)CC2)cc1. The summed E-state index contributed by atoms with van der Waals surface area (Å²) in [5, 5.41) is 9.47. The largest absolute Gasteiger partial charge is 0.491 e. The molecule has 0 unspecified atom stereocenters. The monoisotopic (exact) mass is 437 g/mol. The van der Waals surface area contributed by atoms with Gasteiger partial charge in [-0.15, -0.1) is 0 Å². The van der Waals surface area contributed by atoms with Crippen molar-refractivity contribution in [2.45, 2.75) is 6.54 Å². The van der Waals surface area contributed by atoms with Crippen molar-refractivity contribution in [3.8, 4) is 5.75 Å². The van der Waals surface area contributed by atoms with Gasteiger partial charge in [-0.1, -0.05) is 0 Å². The van der Waals surface area contributed by atoms with Gasteiger partial charge in [-0.05, 0) is 24.3 Å². The third-order valence-corrected chi connectivity index (χ3v) is 5.80. The van der Waals surface area contributed by atoms with E-state index in [1.165, 1.54) is 16.5 Å². The number of hydrogen-bond donors (Lipinski definition) is 1. The molecule has 4 aromatic rings. The number of piperazine rings is 1. The van der Waals surface area contributed by atoms with Crippen LogP contribution in [0.15, 0.2) is 36.8 Å².